The van der Waals surface area contributed by atoms with Crippen molar-refractivity contribution in [1.29, 1.82) is 5.26 Å². The van der Waals surface area contributed by atoms with Gasteiger partial charge in [-0.15, -0.1) is 0 Å². The molecule has 2 atom stereocenters. The molecule has 1 saturated heterocycles. The van der Waals surface area contributed by atoms with Crippen molar-refractivity contribution in [1.82, 2.24) is 10.6 Å². The molecule has 7 nitrogen and oxygen atoms in total. The zero-order valence-electron chi connectivity index (χ0n) is 12.9. The summed E-state index contributed by atoms with van der Waals surface area (Å²) in [5, 5.41) is 14.1. The van der Waals surface area contributed by atoms with Crippen LogP contribution in [-0.4, -0.2) is 35.4 Å². The summed E-state index contributed by atoms with van der Waals surface area (Å²) in [6, 6.07) is 10.7. The first kappa shape index (κ1) is 17.6. The Bertz CT molecular complexity index is 729. The molecule has 1 aliphatic rings. The monoisotopic (exact) mass is 345 g/mol. The topological polar surface area (TPSA) is 108 Å². The maximum absolute atomic E-state index is 12.4. The van der Waals surface area contributed by atoms with Crippen LogP contribution in [0.4, 0.5) is 0 Å². The molecule has 1 heterocycles. The minimum Gasteiger partial charge on any atom is -0.467 e. The standard InChI is InChI=1S/C16H15N3O4S/c1-23-14(22)16(12(9-17)13(21)18-15(24)19-16)8-11(20)7-10-5-3-2-4-6-10/h2-6,12H,7-8H2,1H3,(H2,18,19,21,24)/t12-,16-/m0/s1. The number of hydrogen-bond donors (Lipinski definition) is 2. The number of carbonyl (C=O) groups excluding carboxylic acids is 3. The number of Topliss-reactive ketones (excluding diaryl/α,β-unsaturated/α-hetero) is 1. The molecule has 8 heteroatoms. The molecule has 0 radical (unpaired) electrons. The fourth-order valence-corrected chi connectivity index (χ4v) is 2.93. The van der Waals surface area contributed by atoms with Gasteiger partial charge < -0.3 is 15.4 Å². The number of nitriles is 1. The van der Waals surface area contributed by atoms with E-state index in [0.717, 1.165) is 12.7 Å². The van der Waals surface area contributed by atoms with Crippen LogP contribution in [0.5, 0.6) is 0 Å². The smallest absolute Gasteiger partial charge is 0.333 e. The molecule has 0 spiro atoms. The molecule has 0 unspecified atom stereocenters. The molecule has 0 bridgehead atoms. The molecule has 0 aliphatic carbocycles. The van der Waals surface area contributed by atoms with E-state index >= 15 is 0 Å². The van der Waals surface area contributed by atoms with E-state index in [1.54, 1.807) is 30.3 Å². The molecule has 1 aromatic carbocycles. The van der Waals surface area contributed by atoms with Crippen LogP contribution in [0, 0.1) is 17.2 Å². The number of benzene rings is 1. The number of esters is 1. The van der Waals surface area contributed by atoms with Crippen LogP contribution in [0.25, 0.3) is 0 Å². The summed E-state index contributed by atoms with van der Waals surface area (Å²) < 4.78 is 4.73. The van der Waals surface area contributed by atoms with Gasteiger partial charge in [-0.25, -0.2) is 4.79 Å². The highest BCUT2D eigenvalue weighted by atomic mass is 32.1. The van der Waals surface area contributed by atoms with E-state index < -0.39 is 23.3 Å². The number of nitrogens with zero attached hydrogens (tertiary/aromatic N) is 1. The average molecular weight is 345 g/mol. The van der Waals surface area contributed by atoms with Crippen molar-refractivity contribution in [3.05, 3.63) is 35.9 Å². The summed E-state index contributed by atoms with van der Waals surface area (Å²) in [5.74, 6) is -3.37. The fraction of sp³-hybridized carbons (Fsp3) is 0.312. The second-order valence-corrected chi connectivity index (χ2v) is 5.75. The van der Waals surface area contributed by atoms with Crippen molar-refractivity contribution in [2.45, 2.75) is 18.4 Å². The first-order valence-corrected chi connectivity index (χ1v) is 7.50. The van der Waals surface area contributed by atoms with Gasteiger partial charge in [0.15, 0.2) is 16.6 Å². The number of methoxy groups -OCH3 is 1. The summed E-state index contributed by atoms with van der Waals surface area (Å²) in [6.45, 7) is 0. The van der Waals surface area contributed by atoms with Gasteiger partial charge in [0.05, 0.1) is 13.2 Å². The minimum absolute atomic E-state index is 0.0633. The van der Waals surface area contributed by atoms with E-state index in [1.807, 2.05) is 6.07 Å². The third-order valence-electron chi connectivity index (χ3n) is 3.73. The Morgan fingerprint density at radius 2 is 2.04 bits per heavy atom. The van der Waals surface area contributed by atoms with Crippen molar-refractivity contribution < 1.29 is 19.1 Å². The Kier molecular flexibility index (Phi) is 5.26. The summed E-state index contributed by atoms with van der Waals surface area (Å²) in [7, 11) is 1.12. The van der Waals surface area contributed by atoms with Gasteiger partial charge in [0.1, 0.15) is 5.78 Å². The maximum Gasteiger partial charge on any atom is 0.333 e. The molecule has 2 rings (SSSR count). The first-order valence-electron chi connectivity index (χ1n) is 7.09. The highest BCUT2D eigenvalue weighted by molar-refractivity contribution is 7.80. The minimum atomic E-state index is -1.82. The van der Waals surface area contributed by atoms with Crippen LogP contribution in [0.2, 0.25) is 0 Å². The maximum atomic E-state index is 12.4. The van der Waals surface area contributed by atoms with Gasteiger partial charge in [0, 0.05) is 12.8 Å². The summed E-state index contributed by atoms with van der Waals surface area (Å²) >= 11 is 4.91. The van der Waals surface area contributed by atoms with Crippen molar-refractivity contribution in [2.24, 2.45) is 5.92 Å². The SMILES string of the molecule is COC(=O)[C@@]1(CC(=O)Cc2ccccc2)NC(=S)NC(=O)[C@@H]1C#N. The van der Waals surface area contributed by atoms with Crippen LogP contribution in [-0.2, 0) is 25.5 Å². The largest absolute Gasteiger partial charge is 0.467 e. The van der Waals surface area contributed by atoms with Gasteiger partial charge in [-0.05, 0) is 17.8 Å². The predicted molar refractivity (Wildman–Crippen MR) is 87.5 cm³/mol. The van der Waals surface area contributed by atoms with E-state index in [9.17, 15) is 19.6 Å². The van der Waals surface area contributed by atoms with Crippen LogP contribution in [0.15, 0.2) is 30.3 Å². The third kappa shape index (κ3) is 3.41. The van der Waals surface area contributed by atoms with Gasteiger partial charge >= 0.3 is 5.97 Å². The molecule has 124 valence electrons. The Hall–Kier alpha value is -2.79. The predicted octanol–water partition coefficient (Wildman–Crippen LogP) is 0.244. The molecule has 1 aliphatic heterocycles. The number of hydrogen-bond acceptors (Lipinski definition) is 6. The molecule has 1 aromatic rings. The number of amides is 1. The highest BCUT2D eigenvalue weighted by Crippen LogP contribution is 2.27. The Morgan fingerprint density at radius 3 is 2.62 bits per heavy atom. The summed E-state index contributed by atoms with van der Waals surface area (Å²) in [5.41, 5.74) is -1.06. The molecule has 24 heavy (non-hydrogen) atoms. The van der Waals surface area contributed by atoms with Gasteiger partial charge in [-0.2, -0.15) is 5.26 Å². The lowest BCUT2D eigenvalue weighted by atomic mass is 9.78. The van der Waals surface area contributed by atoms with Crippen molar-refractivity contribution in [3.63, 3.8) is 0 Å². The van der Waals surface area contributed by atoms with Crippen molar-refractivity contribution in [2.75, 3.05) is 7.11 Å². The average Bonchev–Trinajstić information content (AvgIpc) is 2.54. The van der Waals surface area contributed by atoms with E-state index in [0.29, 0.717) is 0 Å². The van der Waals surface area contributed by atoms with Crippen LogP contribution in [0.1, 0.15) is 12.0 Å². The second kappa shape index (κ2) is 7.19. The lowest BCUT2D eigenvalue weighted by molar-refractivity contribution is -0.154. The lowest BCUT2D eigenvalue weighted by Gasteiger charge is -2.38. The molecule has 1 amide bonds. The summed E-state index contributed by atoms with van der Waals surface area (Å²) in [6.07, 6.45) is -0.325. The summed E-state index contributed by atoms with van der Waals surface area (Å²) in [4.78, 5) is 36.8. The normalized spacial score (nSPS) is 22.8. The molecular formula is C16H15N3O4S. The highest BCUT2D eigenvalue weighted by Gasteiger charge is 2.55. The molecule has 1 fully saturated rings. The first-order chi connectivity index (χ1) is 11.4. The molecule has 0 saturated carbocycles. The van der Waals surface area contributed by atoms with Gasteiger partial charge in [-0.1, -0.05) is 30.3 Å². The zero-order chi connectivity index (χ0) is 17.7. The van der Waals surface area contributed by atoms with Crippen LogP contribution < -0.4 is 10.6 Å². The van der Waals surface area contributed by atoms with Gasteiger partial charge in [0.2, 0.25) is 5.91 Å². The molecule has 0 aromatic heterocycles. The Morgan fingerprint density at radius 1 is 1.38 bits per heavy atom. The van der Waals surface area contributed by atoms with Crippen molar-refractivity contribution in [3.8, 4) is 6.07 Å². The number of ketones is 1. The number of thiocarbonyl (C=S) groups is 1. The quantitative estimate of drug-likeness (QED) is 0.581. The van der Waals surface area contributed by atoms with E-state index in [2.05, 4.69) is 10.6 Å². The molecular weight excluding hydrogens is 330 g/mol. The van der Waals surface area contributed by atoms with E-state index in [4.69, 9.17) is 17.0 Å². The molecule has 2 N–H and O–H groups in total. The number of carbonyl (C=O) groups is 3. The fourth-order valence-electron chi connectivity index (χ4n) is 2.65. The third-order valence-corrected chi connectivity index (χ3v) is 3.93. The van der Waals surface area contributed by atoms with Crippen LogP contribution in [0.3, 0.4) is 0 Å². The van der Waals surface area contributed by atoms with Gasteiger partial charge in [-0.3, -0.25) is 9.59 Å². The van der Waals surface area contributed by atoms with Crippen LogP contribution >= 0.6 is 12.2 Å². The van der Waals surface area contributed by atoms with E-state index in [-0.39, 0.29) is 23.7 Å². The zero-order valence-corrected chi connectivity index (χ0v) is 13.7. The Balaban J connectivity index is 2.32. The second-order valence-electron chi connectivity index (χ2n) is 5.35. The Labute approximate surface area is 144 Å². The number of ether oxygens (including phenoxy) is 1. The number of rotatable bonds is 5. The number of nitrogens with one attached hydrogen (secondary N) is 2. The van der Waals surface area contributed by atoms with E-state index in [1.165, 1.54) is 0 Å². The lowest BCUT2D eigenvalue weighted by Crippen LogP contribution is -2.70. The van der Waals surface area contributed by atoms with Crippen molar-refractivity contribution >= 4 is 35.0 Å². The van der Waals surface area contributed by atoms with Gasteiger partial charge in [0.25, 0.3) is 0 Å².